The predicted octanol–water partition coefficient (Wildman–Crippen LogP) is 3.65. The molecule has 2 N–H and O–H groups in total. The van der Waals surface area contributed by atoms with Crippen molar-refractivity contribution in [2.24, 2.45) is 7.05 Å². The van der Waals surface area contributed by atoms with E-state index in [-0.39, 0.29) is 11.3 Å². The van der Waals surface area contributed by atoms with Crippen LogP contribution in [0, 0.1) is 0 Å². The quantitative estimate of drug-likeness (QED) is 0.816. The maximum absolute atomic E-state index is 12.3. The summed E-state index contributed by atoms with van der Waals surface area (Å²) in [5.41, 5.74) is 1.96. The monoisotopic (exact) mass is 366 g/mol. The highest BCUT2D eigenvalue weighted by atomic mass is 32.3. The lowest BCUT2D eigenvalue weighted by molar-refractivity contribution is 0.341. The fraction of sp³-hybridized carbons (Fsp3) is 0.389. The molecule has 25 heavy (non-hydrogen) atoms. The van der Waals surface area contributed by atoms with Crippen molar-refractivity contribution in [2.75, 3.05) is 31.4 Å². The average Bonchev–Trinajstić information content (AvgIpc) is 2.57. The summed E-state index contributed by atoms with van der Waals surface area (Å²) in [6.07, 6.45) is 1.73. The molecule has 7 heteroatoms. The van der Waals surface area contributed by atoms with Gasteiger partial charge in [-0.1, -0.05) is 0 Å². The maximum Gasteiger partial charge on any atom is 0.273 e. The summed E-state index contributed by atoms with van der Waals surface area (Å²) in [4.78, 5) is 14.5. The molecule has 0 saturated carbocycles. The molecule has 1 heterocycles. The first-order chi connectivity index (χ1) is 11.7. The van der Waals surface area contributed by atoms with Crippen molar-refractivity contribution in [1.82, 2.24) is 4.57 Å². The van der Waals surface area contributed by atoms with Crippen molar-refractivity contribution >= 4 is 16.3 Å². The lowest BCUT2D eigenvalue weighted by Gasteiger charge is -2.31. The molecular formula is C18H26N2O4S. The van der Waals surface area contributed by atoms with Crippen LogP contribution in [0.25, 0.3) is 11.1 Å². The van der Waals surface area contributed by atoms with Crippen LogP contribution >= 0.6 is 10.6 Å². The van der Waals surface area contributed by atoms with Crippen molar-refractivity contribution in [3.05, 3.63) is 40.8 Å². The Hall–Kier alpha value is -1.96. The number of nitrogens with zero attached hydrogens (tertiary/aromatic N) is 2. The van der Waals surface area contributed by atoms with E-state index in [0.717, 1.165) is 11.1 Å². The Balaban J connectivity index is 2.71. The second kappa shape index (κ2) is 7.51. The van der Waals surface area contributed by atoms with E-state index in [1.807, 2.05) is 21.0 Å². The molecule has 0 radical (unpaired) electrons. The van der Waals surface area contributed by atoms with Crippen LogP contribution < -0.4 is 15.2 Å². The van der Waals surface area contributed by atoms with Crippen LogP contribution in [0.2, 0.25) is 0 Å². The SMILES string of the molecule is CCOc1ccc(S(O)(O)CC)cc1-c1cc(N(C)C)c(=O)n(C)c1. The van der Waals surface area contributed by atoms with Gasteiger partial charge in [-0.15, -0.1) is 0 Å². The Morgan fingerprint density at radius 2 is 1.88 bits per heavy atom. The highest BCUT2D eigenvalue weighted by molar-refractivity contribution is 8.24. The van der Waals surface area contributed by atoms with Crippen LogP contribution in [0.4, 0.5) is 5.69 Å². The van der Waals surface area contributed by atoms with Crippen LogP contribution in [0.15, 0.2) is 40.2 Å². The fourth-order valence-corrected chi connectivity index (χ4v) is 3.47. The number of ether oxygens (including phenoxy) is 1. The van der Waals surface area contributed by atoms with Gasteiger partial charge in [0.25, 0.3) is 5.56 Å². The van der Waals surface area contributed by atoms with Crippen LogP contribution in [0.5, 0.6) is 5.75 Å². The van der Waals surface area contributed by atoms with Crippen molar-refractivity contribution in [3.8, 4) is 16.9 Å². The Kier molecular flexibility index (Phi) is 5.82. The minimum atomic E-state index is -2.84. The number of rotatable bonds is 6. The van der Waals surface area contributed by atoms with Crippen molar-refractivity contribution in [3.63, 3.8) is 0 Å². The fourth-order valence-electron chi connectivity index (χ4n) is 2.55. The summed E-state index contributed by atoms with van der Waals surface area (Å²) in [6, 6.07) is 6.96. The first-order valence-corrected chi connectivity index (χ1v) is 9.84. The maximum atomic E-state index is 12.3. The molecule has 0 atom stereocenters. The van der Waals surface area contributed by atoms with Gasteiger partial charge in [-0.2, -0.15) is 10.6 Å². The van der Waals surface area contributed by atoms with E-state index in [2.05, 4.69) is 0 Å². The minimum absolute atomic E-state index is 0.0966. The molecule has 0 aliphatic heterocycles. The largest absolute Gasteiger partial charge is 0.493 e. The third kappa shape index (κ3) is 4.00. The predicted molar refractivity (Wildman–Crippen MR) is 104 cm³/mol. The number of aromatic nitrogens is 1. The summed E-state index contributed by atoms with van der Waals surface area (Å²) < 4.78 is 27.8. The molecule has 0 bridgehead atoms. The molecule has 0 saturated heterocycles. The molecule has 2 aromatic rings. The smallest absolute Gasteiger partial charge is 0.273 e. The molecule has 1 aromatic heterocycles. The van der Waals surface area contributed by atoms with Gasteiger partial charge in [-0.25, -0.2) is 0 Å². The molecule has 6 nitrogen and oxygen atoms in total. The van der Waals surface area contributed by atoms with E-state index in [1.165, 1.54) is 4.57 Å². The van der Waals surface area contributed by atoms with Crippen LogP contribution in [-0.4, -0.2) is 40.1 Å². The lowest BCUT2D eigenvalue weighted by Crippen LogP contribution is -2.25. The first kappa shape index (κ1) is 19.4. The molecular weight excluding hydrogens is 340 g/mol. The van der Waals surface area contributed by atoms with Gasteiger partial charge in [0.2, 0.25) is 0 Å². The molecule has 2 rings (SSSR count). The second-order valence-corrected chi connectivity index (χ2v) is 8.35. The second-order valence-electron chi connectivity index (χ2n) is 5.97. The van der Waals surface area contributed by atoms with Gasteiger partial charge in [-0.3, -0.25) is 13.9 Å². The lowest BCUT2D eigenvalue weighted by atomic mass is 10.1. The summed E-state index contributed by atoms with van der Waals surface area (Å²) in [7, 11) is 2.48. The zero-order valence-electron chi connectivity index (χ0n) is 15.3. The summed E-state index contributed by atoms with van der Waals surface area (Å²) in [6.45, 7) is 4.12. The van der Waals surface area contributed by atoms with Crippen LogP contribution in [0.3, 0.4) is 0 Å². The normalized spacial score (nSPS) is 12.1. The Morgan fingerprint density at radius 1 is 1.20 bits per heavy atom. The van der Waals surface area contributed by atoms with Gasteiger partial charge < -0.3 is 14.2 Å². The van der Waals surface area contributed by atoms with Gasteiger partial charge in [0.05, 0.1) is 11.5 Å². The van der Waals surface area contributed by atoms with Gasteiger partial charge in [0, 0.05) is 44.2 Å². The van der Waals surface area contributed by atoms with Gasteiger partial charge in [-0.05, 0) is 38.1 Å². The number of benzene rings is 1. The summed E-state index contributed by atoms with van der Waals surface area (Å²) in [5.74, 6) is 0.886. The van der Waals surface area contributed by atoms with E-state index in [4.69, 9.17) is 4.74 Å². The third-order valence-electron chi connectivity index (χ3n) is 3.99. The van der Waals surface area contributed by atoms with E-state index in [0.29, 0.717) is 22.9 Å². The molecule has 0 spiro atoms. The van der Waals surface area contributed by atoms with Crippen molar-refractivity contribution in [2.45, 2.75) is 18.7 Å². The van der Waals surface area contributed by atoms with Crippen molar-refractivity contribution in [1.29, 1.82) is 0 Å². The van der Waals surface area contributed by atoms with E-state index in [1.54, 1.807) is 49.3 Å². The standard InChI is InChI=1S/C18H26N2O4S/c1-6-24-17-9-8-14(25(22,23)7-2)11-15(17)13-10-16(19(3)4)18(21)20(5)12-13/h8-12,22-23H,6-7H2,1-5H3. The topological polar surface area (TPSA) is 74.9 Å². The number of hydrogen-bond donors (Lipinski definition) is 2. The van der Waals surface area contributed by atoms with E-state index in [9.17, 15) is 13.9 Å². The molecule has 1 aromatic carbocycles. The van der Waals surface area contributed by atoms with Crippen molar-refractivity contribution < 1.29 is 13.8 Å². The molecule has 0 aliphatic rings. The van der Waals surface area contributed by atoms with E-state index < -0.39 is 10.6 Å². The summed E-state index contributed by atoms with van der Waals surface area (Å²) in [5, 5.41) is 0. The molecule has 138 valence electrons. The van der Waals surface area contributed by atoms with Crippen LogP contribution in [0.1, 0.15) is 13.8 Å². The number of pyridine rings is 1. The van der Waals surface area contributed by atoms with E-state index >= 15 is 0 Å². The molecule has 0 fully saturated rings. The minimum Gasteiger partial charge on any atom is -0.493 e. The zero-order valence-corrected chi connectivity index (χ0v) is 16.1. The Labute approximate surface area is 150 Å². The Morgan fingerprint density at radius 3 is 2.44 bits per heavy atom. The van der Waals surface area contributed by atoms with Gasteiger partial charge in [0.1, 0.15) is 11.4 Å². The number of hydrogen-bond acceptors (Lipinski definition) is 5. The molecule has 0 unspecified atom stereocenters. The van der Waals surface area contributed by atoms with Crippen LogP contribution in [-0.2, 0) is 7.05 Å². The number of anilines is 1. The molecule has 0 amide bonds. The highest BCUT2D eigenvalue weighted by Crippen LogP contribution is 2.49. The van der Waals surface area contributed by atoms with Gasteiger partial charge in [0.15, 0.2) is 0 Å². The number of aryl methyl sites for hydroxylation is 1. The Bertz CT molecular complexity index is 815. The third-order valence-corrected chi connectivity index (χ3v) is 5.80. The summed E-state index contributed by atoms with van der Waals surface area (Å²) >= 11 is 0. The highest BCUT2D eigenvalue weighted by Gasteiger charge is 2.18. The average molecular weight is 366 g/mol. The first-order valence-electron chi connectivity index (χ1n) is 8.12. The zero-order chi connectivity index (χ0) is 18.8. The van der Waals surface area contributed by atoms with Gasteiger partial charge >= 0.3 is 0 Å². The molecule has 0 aliphatic carbocycles.